The minimum Gasteiger partial charge on any atom is -0.495 e. The van der Waals surface area contributed by atoms with Gasteiger partial charge in [0.1, 0.15) is 11.4 Å². The van der Waals surface area contributed by atoms with Gasteiger partial charge in [-0.1, -0.05) is 0 Å². The first-order valence-electron chi connectivity index (χ1n) is 3.57. The number of hydrogen-bond acceptors (Lipinski definition) is 3. The van der Waals surface area contributed by atoms with Crippen molar-refractivity contribution in [1.29, 1.82) is 0 Å². The van der Waals surface area contributed by atoms with Crippen LogP contribution in [0.4, 0.5) is 8.78 Å². The molecule has 0 aliphatic rings. The summed E-state index contributed by atoms with van der Waals surface area (Å²) in [6.07, 6.45) is -1.32. The maximum atomic E-state index is 12.4. The zero-order valence-corrected chi connectivity index (χ0v) is 8.72. The standard InChI is InChI=1S/C8H6BrF2NO2/c1-14-7-4(3-13)6(8(10)11)12-2-5(7)9/h2-3,8H,1H3. The molecule has 6 heteroatoms. The van der Waals surface area contributed by atoms with Gasteiger partial charge in [0.05, 0.1) is 17.1 Å². The summed E-state index contributed by atoms with van der Waals surface area (Å²) in [5.41, 5.74) is -0.795. The Balaban J connectivity index is 3.40. The van der Waals surface area contributed by atoms with Gasteiger partial charge in [0.2, 0.25) is 0 Å². The van der Waals surface area contributed by atoms with E-state index in [-0.39, 0.29) is 11.3 Å². The molecule has 14 heavy (non-hydrogen) atoms. The molecule has 0 radical (unpaired) electrons. The van der Waals surface area contributed by atoms with Gasteiger partial charge < -0.3 is 4.74 Å². The number of carbonyl (C=O) groups excluding carboxylic acids is 1. The number of methoxy groups -OCH3 is 1. The number of pyridine rings is 1. The van der Waals surface area contributed by atoms with Crippen LogP contribution in [0.2, 0.25) is 0 Å². The molecule has 3 nitrogen and oxygen atoms in total. The number of hydrogen-bond donors (Lipinski definition) is 0. The van der Waals surface area contributed by atoms with Crippen LogP contribution in [0.3, 0.4) is 0 Å². The largest absolute Gasteiger partial charge is 0.495 e. The quantitative estimate of drug-likeness (QED) is 0.789. The van der Waals surface area contributed by atoms with E-state index in [2.05, 4.69) is 20.9 Å². The highest BCUT2D eigenvalue weighted by Gasteiger charge is 2.20. The first-order chi connectivity index (χ1) is 6.61. The van der Waals surface area contributed by atoms with Crippen LogP contribution in [0.15, 0.2) is 10.7 Å². The lowest BCUT2D eigenvalue weighted by Crippen LogP contribution is -2.01. The maximum Gasteiger partial charge on any atom is 0.281 e. The molecule has 0 atom stereocenters. The van der Waals surface area contributed by atoms with Gasteiger partial charge in [-0.05, 0) is 15.9 Å². The van der Waals surface area contributed by atoms with Gasteiger partial charge >= 0.3 is 0 Å². The Morgan fingerprint density at radius 2 is 2.29 bits per heavy atom. The molecular formula is C8H6BrF2NO2. The fourth-order valence-corrected chi connectivity index (χ4v) is 1.47. The van der Waals surface area contributed by atoms with Crippen LogP contribution < -0.4 is 4.74 Å². The van der Waals surface area contributed by atoms with Crippen molar-refractivity contribution in [2.75, 3.05) is 7.11 Å². The van der Waals surface area contributed by atoms with Crippen LogP contribution in [0.1, 0.15) is 22.5 Å². The second-order valence-electron chi connectivity index (χ2n) is 2.36. The summed E-state index contributed by atoms with van der Waals surface area (Å²) in [6.45, 7) is 0. The number of ether oxygens (including phenoxy) is 1. The topological polar surface area (TPSA) is 39.2 Å². The third kappa shape index (κ3) is 1.89. The van der Waals surface area contributed by atoms with Gasteiger partial charge in [0, 0.05) is 6.20 Å². The summed E-state index contributed by atoms with van der Waals surface area (Å²) in [5, 5.41) is 0. The van der Waals surface area contributed by atoms with Crippen LogP contribution in [0, 0.1) is 0 Å². The summed E-state index contributed by atoms with van der Waals surface area (Å²) in [5.74, 6) is 0.0744. The van der Waals surface area contributed by atoms with Crippen LogP contribution >= 0.6 is 15.9 Å². The van der Waals surface area contributed by atoms with Crippen molar-refractivity contribution < 1.29 is 18.3 Å². The number of alkyl halides is 2. The van der Waals surface area contributed by atoms with Gasteiger partial charge in [0.25, 0.3) is 6.43 Å². The van der Waals surface area contributed by atoms with Crippen molar-refractivity contribution >= 4 is 22.2 Å². The summed E-state index contributed by atoms with van der Waals surface area (Å²) in [6, 6.07) is 0. The van der Waals surface area contributed by atoms with E-state index >= 15 is 0 Å². The molecule has 1 rings (SSSR count). The molecule has 0 spiro atoms. The van der Waals surface area contributed by atoms with E-state index in [1.807, 2.05) is 0 Å². The van der Waals surface area contributed by atoms with E-state index in [1.165, 1.54) is 13.3 Å². The van der Waals surface area contributed by atoms with Crippen LogP contribution in [0.5, 0.6) is 5.75 Å². The Bertz CT molecular complexity index is 357. The Labute approximate surface area is 87.2 Å². The SMILES string of the molecule is COc1c(Br)cnc(C(F)F)c1C=O. The molecule has 0 aliphatic heterocycles. The maximum absolute atomic E-state index is 12.4. The summed E-state index contributed by atoms with van der Waals surface area (Å²) >= 11 is 3.04. The first kappa shape index (κ1) is 11.0. The second-order valence-corrected chi connectivity index (χ2v) is 3.21. The summed E-state index contributed by atoms with van der Waals surface area (Å²) in [7, 11) is 1.29. The van der Waals surface area contributed by atoms with Crippen molar-refractivity contribution in [3.63, 3.8) is 0 Å². The number of aromatic nitrogens is 1. The molecule has 0 amide bonds. The minimum atomic E-state index is -2.79. The zero-order chi connectivity index (χ0) is 10.7. The lowest BCUT2D eigenvalue weighted by Gasteiger charge is -2.09. The Morgan fingerprint density at radius 3 is 2.71 bits per heavy atom. The third-order valence-electron chi connectivity index (χ3n) is 1.58. The normalized spacial score (nSPS) is 10.4. The van der Waals surface area contributed by atoms with Crippen molar-refractivity contribution in [3.05, 3.63) is 21.9 Å². The average molecular weight is 266 g/mol. The molecule has 76 valence electrons. The molecular weight excluding hydrogens is 260 g/mol. The molecule has 0 bridgehead atoms. The van der Waals surface area contributed by atoms with E-state index in [1.54, 1.807) is 0 Å². The molecule has 0 aliphatic carbocycles. The average Bonchev–Trinajstić information content (AvgIpc) is 2.16. The number of nitrogens with zero attached hydrogens (tertiary/aromatic N) is 1. The molecule has 0 saturated carbocycles. The fourth-order valence-electron chi connectivity index (χ4n) is 0.995. The zero-order valence-electron chi connectivity index (χ0n) is 7.13. The van der Waals surface area contributed by atoms with E-state index < -0.39 is 12.1 Å². The van der Waals surface area contributed by atoms with Gasteiger partial charge in [-0.15, -0.1) is 0 Å². The summed E-state index contributed by atoms with van der Waals surface area (Å²) in [4.78, 5) is 14.0. The van der Waals surface area contributed by atoms with Gasteiger partial charge in [-0.2, -0.15) is 0 Å². The monoisotopic (exact) mass is 265 g/mol. The molecule has 1 aromatic heterocycles. The van der Waals surface area contributed by atoms with Gasteiger partial charge in [-0.3, -0.25) is 9.78 Å². The number of carbonyl (C=O) groups is 1. The minimum absolute atomic E-state index is 0.0744. The number of halogens is 3. The Morgan fingerprint density at radius 1 is 1.64 bits per heavy atom. The predicted octanol–water partition coefficient (Wildman–Crippen LogP) is 2.60. The lowest BCUT2D eigenvalue weighted by molar-refractivity contribution is 0.109. The fraction of sp³-hybridized carbons (Fsp3) is 0.250. The molecule has 0 saturated heterocycles. The van der Waals surface area contributed by atoms with Crippen LogP contribution in [-0.2, 0) is 0 Å². The highest BCUT2D eigenvalue weighted by Crippen LogP contribution is 2.32. The molecule has 0 unspecified atom stereocenters. The first-order valence-corrected chi connectivity index (χ1v) is 4.36. The Kier molecular flexibility index (Phi) is 3.51. The number of rotatable bonds is 3. The van der Waals surface area contributed by atoms with E-state index in [4.69, 9.17) is 4.74 Å². The van der Waals surface area contributed by atoms with E-state index in [0.717, 1.165) is 0 Å². The lowest BCUT2D eigenvalue weighted by atomic mass is 10.2. The molecule has 1 aromatic rings. The van der Waals surface area contributed by atoms with Crippen molar-refractivity contribution in [3.8, 4) is 5.75 Å². The van der Waals surface area contributed by atoms with Crippen LogP contribution in [-0.4, -0.2) is 18.4 Å². The molecule has 0 fully saturated rings. The van der Waals surface area contributed by atoms with Crippen molar-refractivity contribution in [2.24, 2.45) is 0 Å². The molecule has 0 aromatic carbocycles. The van der Waals surface area contributed by atoms with E-state index in [9.17, 15) is 13.6 Å². The molecule has 0 N–H and O–H groups in total. The number of aldehydes is 1. The van der Waals surface area contributed by atoms with Crippen LogP contribution in [0.25, 0.3) is 0 Å². The van der Waals surface area contributed by atoms with Gasteiger partial charge in [0.15, 0.2) is 6.29 Å². The van der Waals surface area contributed by atoms with Crippen molar-refractivity contribution in [2.45, 2.75) is 6.43 Å². The highest BCUT2D eigenvalue weighted by molar-refractivity contribution is 9.10. The van der Waals surface area contributed by atoms with Crippen molar-refractivity contribution in [1.82, 2.24) is 4.98 Å². The summed E-state index contributed by atoms with van der Waals surface area (Å²) < 4.78 is 29.9. The predicted molar refractivity (Wildman–Crippen MR) is 48.8 cm³/mol. The second kappa shape index (κ2) is 4.45. The molecule has 1 heterocycles. The van der Waals surface area contributed by atoms with E-state index in [0.29, 0.717) is 10.8 Å². The highest BCUT2D eigenvalue weighted by atomic mass is 79.9. The van der Waals surface area contributed by atoms with Gasteiger partial charge in [-0.25, -0.2) is 8.78 Å². The third-order valence-corrected chi connectivity index (χ3v) is 2.15. The smallest absolute Gasteiger partial charge is 0.281 e. The Hall–Kier alpha value is -1.04.